The molecule has 1 atom stereocenters. The monoisotopic (exact) mass is 413 g/mol. The summed E-state index contributed by atoms with van der Waals surface area (Å²) in [7, 11) is 0. The number of aromatic nitrogens is 3. The summed E-state index contributed by atoms with van der Waals surface area (Å²) < 4.78 is 14.9. The van der Waals surface area contributed by atoms with E-state index in [2.05, 4.69) is 14.8 Å². The van der Waals surface area contributed by atoms with Crippen molar-refractivity contribution in [1.29, 1.82) is 0 Å². The van der Waals surface area contributed by atoms with Crippen molar-refractivity contribution >= 4 is 27.3 Å². The number of amides is 1. The number of likely N-dealkylation sites (tertiary alicyclic amines) is 1. The molecule has 29 heavy (non-hydrogen) atoms. The number of carbonyl (C=O) groups is 1. The van der Waals surface area contributed by atoms with Crippen molar-refractivity contribution in [1.82, 2.24) is 19.5 Å². The molecule has 1 unspecified atom stereocenters. The van der Waals surface area contributed by atoms with Gasteiger partial charge < -0.3 is 9.80 Å². The minimum Gasteiger partial charge on any atom is -0.346 e. The summed E-state index contributed by atoms with van der Waals surface area (Å²) in [4.78, 5) is 22.7. The molecule has 1 amide bonds. The van der Waals surface area contributed by atoms with E-state index < -0.39 is 0 Å². The van der Waals surface area contributed by atoms with Gasteiger partial charge in [0.25, 0.3) is 0 Å². The number of anilines is 1. The fraction of sp³-hybridized carbons (Fsp3) is 0.476. The number of carbonyl (C=O) groups excluding carboxylic acids is 1. The second-order valence-electron chi connectivity index (χ2n) is 7.92. The Hall–Kier alpha value is -2.48. The van der Waals surface area contributed by atoms with Crippen molar-refractivity contribution in [2.24, 2.45) is 5.92 Å². The molecule has 0 saturated carbocycles. The Morgan fingerprint density at radius 1 is 1.07 bits per heavy atom. The van der Waals surface area contributed by atoms with Gasteiger partial charge in [0, 0.05) is 31.7 Å². The number of nitrogens with zero attached hydrogens (tertiary/aromatic N) is 5. The number of fused-ring (bicyclic) bond motifs is 1. The maximum Gasteiger partial charge on any atom is 0.227 e. The molecule has 152 valence electrons. The molecule has 0 spiro atoms. The highest BCUT2D eigenvalue weighted by Gasteiger charge is 2.31. The number of benzene rings is 1. The molecule has 2 fully saturated rings. The lowest BCUT2D eigenvalue weighted by atomic mass is 9.96. The normalized spacial score (nSPS) is 20.4. The molecule has 1 aromatic carbocycles. The Balaban J connectivity index is 1.31. The molecular weight excluding hydrogens is 389 g/mol. The average molecular weight is 414 g/mol. The molecule has 2 saturated heterocycles. The highest BCUT2D eigenvalue weighted by molar-refractivity contribution is 7.20. The van der Waals surface area contributed by atoms with Crippen LogP contribution in [0.5, 0.6) is 0 Å². The van der Waals surface area contributed by atoms with Gasteiger partial charge in [-0.1, -0.05) is 11.3 Å². The van der Waals surface area contributed by atoms with Crippen molar-refractivity contribution < 1.29 is 9.18 Å². The zero-order valence-corrected chi connectivity index (χ0v) is 17.1. The first-order chi connectivity index (χ1) is 14.2. The van der Waals surface area contributed by atoms with E-state index in [1.165, 1.54) is 29.9 Å². The Kier molecular flexibility index (Phi) is 4.95. The van der Waals surface area contributed by atoms with Crippen molar-refractivity contribution in [3.63, 3.8) is 0 Å². The molecule has 5 rings (SSSR count). The van der Waals surface area contributed by atoms with Gasteiger partial charge in [0.2, 0.25) is 16.0 Å². The molecule has 6 nitrogen and oxygen atoms in total. The molecule has 2 aromatic heterocycles. The standard InChI is InChI=1S/C21H24FN5OS/c22-17-8-6-15(7-9-17)18-14-27-20(23-18)29-21(24-27)26-12-4-5-16(13-26)19(28)25-10-2-1-3-11-25/h6-9,14,16H,1-5,10-13H2. The fourth-order valence-electron chi connectivity index (χ4n) is 4.30. The number of piperidine rings is 2. The van der Waals surface area contributed by atoms with E-state index in [1.807, 2.05) is 6.20 Å². The Labute approximate surface area is 173 Å². The van der Waals surface area contributed by atoms with Crippen LogP contribution in [-0.2, 0) is 4.79 Å². The summed E-state index contributed by atoms with van der Waals surface area (Å²) in [6.07, 6.45) is 7.34. The molecule has 3 aromatic rings. The largest absolute Gasteiger partial charge is 0.346 e. The molecule has 0 N–H and O–H groups in total. The molecule has 0 radical (unpaired) electrons. The maximum absolute atomic E-state index is 13.1. The second kappa shape index (κ2) is 7.74. The van der Waals surface area contributed by atoms with E-state index in [0.29, 0.717) is 5.91 Å². The zero-order chi connectivity index (χ0) is 19.8. The van der Waals surface area contributed by atoms with Crippen LogP contribution in [0, 0.1) is 11.7 Å². The average Bonchev–Trinajstić information content (AvgIpc) is 3.34. The Morgan fingerprint density at radius 3 is 2.62 bits per heavy atom. The molecule has 4 heterocycles. The SMILES string of the molecule is O=C(C1CCCN(c2nn3cc(-c4ccc(F)cc4)nc3s2)C1)N1CCCCC1. The smallest absolute Gasteiger partial charge is 0.227 e. The minimum absolute atomic E-state index is 0.0628. The predicted octanol–water partition coefficient (Wildman–Crippen LogP) is 3.83. The van der Waals surface area contributed by atoms with Gasteiger partial charge in [-0.3, -0.25) is 4.79 Å². The topological polar surface area (TPSA) is 53.7 Å². The van der Waals surface area contributed by atoms with E-state index in [4.69, 9.17) is 5.10 Å². The number of hydrogen-bond acceptors (Lipinski definition) is 5. The lowest BCUT2D eigenvalue weighted by Crippen LogP contribution is -2.46. The fourth-order valence-corrected chi connectivity index (χ4v) is 5.22. The van der Waals surface area contributed by atoms with E-state index in [9.17, 15) is 9.18 Å². The van der Waals surface area contributed by atoms with E-state index in [0.717, 1.165) is 73.2 Å². The number of rotatable bonds is 3. The summed E-state index contributed by atoms with van der Waals surface area (Å²) in [5.41, 5.74) is 1.66. The lowest BCUT2D eigenvalue weighted by Gasteiger charge is -2.36. The van der Waals surface area contributed by atoms with Gasteiger partial charge in [0.05, 0.1) is 17.8 Å². The Morgan fingerprint density at radius 2 is 1.86 bits per heavy atom. The molecule has 0 bridgehead atoms. The number of imidazole rings is 1. The van der Waals surface area contributed by atoms with E-state index in [-0.39, 0.29) is 11.7 Å². The van der Waals surface area contributed by atoms with Gasteiger partial charge >= 0.3 is 0 Å². The van der Waals surface area contributed by atoms with Gasteiger partial charge in [0.1, 0.15) is 5.82 Å². The second-order valence-corrected chi connectivity index (χ2v) is 8.85. The van der Waals surface area contributed by atoms with E-state index in [1.54, 1.807) is 16.6 Å². The van der Waals surface area contributed by atoms with E-state index >= 15 is 0 Å². The van der Waals surface area contributed by atoms with Gasteiger partial charge in [-0.25, -0.2) is 13.9 Å². The van der Waals surface area contributed by atoms with Crippen molar-refractivity contribution in [3.05, 3.63) is 36.3 Å². The van der Waals surface area contributed by atoms with Crippen LogP contribution in [0.1, 0.15) is 32.1 Å². The third-order valence-electron chi connectivity index (χ3n) is 5.88. The summed E-state index contributed by atoms with van der Waals surface area (Å²) in [6.45, 7) is 3.47. The molecule has 0 aliphatic carbocycles. The zero-order valence-electron chi connectivity index (χ0n) is 16.3. The molecule has 8 heteroatoms. The highest BCUT2D eigenvalue weighted by Crippen LogP contribution is 2.30. The van der Waals surface area contributed by atoms with Gasteiger partial charge in [-0.05, 0) is 56.4 Å². The Bertz CT molecular complexity index is 976. The first-order valence-corrected chi connectivity index (χ1v) is 11.1. The van der Waals surface area contributed by atoms with Crippen LogP contribution in [0.25, 0.3) is 16.2 Å². The van der Waals surface area contributed by atoms with Crippen LogP contribution < -0.4 is 4.90 Å². The molecule has 2 aliphatic rings. The first kappa shape index (κ1) is 18.5. The molecule has 2 aliphatic heterocycles. The summed E-state index contributed by atoms with van der Waals surface area (Å²) >= 11 is 1.54. The third-order valence-corrected chi connectivity index (χ3v) is 6.86. The van der Waals surface area contributed by atoms with Crippen LogP contribution in [0.15, 0.2) is 30.5 Å². The van der Waals surface area contributed by atoms with Gasteiger partial charge in [0.15, 0.2) is 0 Å². The van der Waals surface area contributed by atoms with Crippen LogP contribution >= 0.6 is 11.3 Å². The number of hydrogen-bond donors (Lipinski definition) is 0. The summed E-state index contributed by atoms with van der Waals surface area (Å²) in [5.74, 6) is 0.121. The van der Waals surface area contributed by atoms with Crippen LogP contribution in [0.4, 0.5) is 9.52 Å². The maximum atomic E-state index is 13.1. The lowest BCUT2D eigenvalue weighted by molar-refractivity contribution is -0.136. The summed E-state index contributed by atoms with van der Waals surface area (Å²) in [5, 5.41) is 5.62. The minimum atomic E-state index is -0.256. The van der Waals surface area contributed by atoms with Crippen molar-refractivity contribution in [2.75, 3.05) is 31.1 Å². The molecular formula is C21H24FN5OS. The van der Waals surface area contributed by atoms with Gasteiger partial charge in [-0.2, -0.15) is 0 Å². The van der Waals surface area contributed by atoms with Gasteiger partial charge in [-0.15, -0.1) is 5.10 Å². The van der Waals surface area contributed by atoms with Crippen molar-refractivity contribution in [3.8, 4) is 11.3 Å². The van der Waals surface area contributed by atoms with Crippen molar-refractivity contribution in [2.45, 2.75) is 32.1 Å². The highest BCUT2D eigenvalue weighted by atomic mass is 32.1. The van der Waals surface area contributed by atoms with Crippen LogP contribution in [0.2, 0.25) is 0 Å². The third kappa shape index (κ3) is 3.73. The predicted molar refractivity (Wildman–Crippen MR) is 112 cm³/mol. The first-order valence-electron chi connectivity index (χ1n) is 10.3. The summed E-state index contributed by atoms with van der Waals surface area (Å²) in [6, 6.07) is 6.33. The quantitative estimate of drug-likeness (QED) is 0.655. The van der Waals surface area contributed by atoms with Crippen LogP contribution in [-0.4, -0.2) is 51.6 Å². The van der Waals surface area contributed by atoms with Crippen LogP contribution in [0.3, 0.4) is 0 Å². The number of halogens is 1.